The lowest BCUT2D eigenvalue weighted by Crippen LogP contribution is -1.83. The van der Waals surface area contributed by atoms with Crippen LogP contribution in [0, 0.1) is 13.8 Å². The summed E-state index contributed by atoms with van der Waals surface area (Å²) in [6.45, 7) is 4.16. The normalized spacial score (nSPS) is 10.9. The molecule has 0 aliphatic carbocycles. The average molecular weight is 331 g/mol. The fourth-order valence-corrected chi connectivity index (χ4v) is 2.83. The van der Waals surface area contributed by atoms with E-state index in [-0.39, 0.29) is 0 Å². The Hall–Kier alpha value is -1.78. The van der Waals surface area contributed by atoms with Crippen molar-refractivity contribution in [3.8, 4) is 11.5 Å². The Morgan fingerprint density at radius 3 is 2.50 bits per heavy atom. The number of halogens is 1. The Bertz CT molecular complexity index is 784. The molecule has 0 unspecified atom stereocenters. The van der Waals surface area contributed by atoms with Crippen LogP contribution in [-0.4, -0.2) is 10.2 Å². The van der Waals surface area contributed by atoms with Crippen molar-refractivity contribution in [3.63, 3.8) is 0 Å². The number of hydrogen-bond donors (Lipinski definition) is 0. The van der Waals surface area contributed by atoms with E-state index in [1.165, 1.54) is 28.5 Å². The monoisotopic (exact) mass is 330 g/mol. The summed E-state index contributed by atoms with van der Waals surface area (Å²) in [7, 11) is 0. The highest BCUT2D eigenvalue weighted by Gasteiger charge is 2.10. The van der Waals surface area contributed by atoms with Gasteiger partial charge in [-0.2, -0.15) is 0 Å². The fourth-order valence-electron chi connectivity index (χ4n) is 1.98. The molecule has 0 bridgehead atoms. The molecule has 22 heavy (non-hydrogen) atoms. The van der Waals surface area contributed by atoms with Crippen LogP contribution in [0.25, 0.3) is 11.5 Å². The summed E-state index contributed by atoms with van der Waals surface area (Å²) in [6.07, 6.45) is 0. The Labute approximate surface area is 138 Å². The smallest absolute Gasteiger partial charge is 0.277 e. The minimum atomic E-state index is 0.557. The van der Waals surface area contributed by atoms with Gasteiger partial charge in [-0.15, -0.1) is 10.2 Å². The highest BCUT2D eigenvalue weighted by molar-refractivity contribution is 7.98. The molecular weight excluding hydrogens is 316 g/mol. The van der Waals surface area contributed by atoms with E-state index in [4.69, 9.17) is 16.0 Å². The van der Waals surface area contributed by atoms with Gasteiger partial charge in [0.15, 0.2) is 0 Å². The molecule has 1 aromatic heterocycles. The van der Waals surface area contributed by atoms with Crippen LogP contribution in [0.15, 0.2) is 52.1 Å². The van der Waals surface area contributed by atoms with Gasteiger partial charge in [0.2, 0.25) is 5.89 Å². The van der Waals surface area contributed by atoms with Gasteiger partial charge in [0.05, 0.1) is 0 Å². The second kappa shape index (κ2) is 6.55. The van der Waals surface area contributed by atoms with Crippen molar-refractivity contribution in [2.75, 3.05) is 0 Å². The van der Waals surface area contributed by atoms with Crippen molar-refractivity contribution in [1.82, 2.24) is 10.2 Å². The van der Waals surface area contributed by atoms with Crippen LogP contribution in [-0.2, 0) is 5.75 Å². The van der Waals surface area contributed by atoms with E-state index in [0.29, 0.717) is 11.1 Å². The summed E-state index contributed by atoms with van der Waals surface area (Å²) in [6, 6.07) is 13.9. The topological polar surface area (TPSA) is 38.9 Å². The summed E-state index contributed by atoms with van der Waals surface area (Å²) >= 11 is 7.40. The van der Waals surface area contributed by atoms with Crippen LogP contribution in [0.1, 0.15) is 16.7 Å². The lowest BCUT2D eigenvalue weighted by atomic mass is 10.1. The Balaban J connectivity index is 1.70. The number of aryl methyl sites for hydroxylation is 2. The lowest BCUT2D eigenvalue weighted by molar-refractivity contribution is 0.466. The van der Waals surface area contributed by atoms with Crippen molar-refractivity contribution in [1.29, 1.82) is 0 Å². The van der Waals surface area contributed by atoms with Gasteiger partial charge in [-0.25, -0.2) is 0 Å². The summed E-state index contributed by atoms with van der Waals surface area (Å²) in [4.78, 5) is 0. The molecule has 0 atom stereocenters. The third-order valence-corrected chi connectivity index (χ3v) is 4.58. The van der Waals surface area contributed by atoms with Crippen LogP contribution in [0.4, 0.5) is 0 Å². The van der Waals surface area contributed by atoms with Crippen molar-refractivity contribution in [2.45, 2.75) is 24.8 Å². The first-order valence-electron chi connectivity index (χ1n) is 6.90. The maximum Gasteiger partial charge on any atom is 0.277 e. The first-order chi connectivity index (χ1) is 10.6. The van der Waals surface area contributed by atoms with Gasteiger partial charge in [-0.1, -0.05) is 41.6 Å². The average Bonchev–Trinajstić information content (AvgIpc) is 2.98. The molecule has 0 radical (unpaired) electrons. The standard InChI is InChI=1S/C17H15ClN2OS/c1-11-3-6-14(9-12(11)2)16-19-20-17(21-16)22-10-13-4-7-15(18)8-5-13/h3-9H,10H2,1-2H3. The van der Waals surface area contributed by atoms with Gasteiger partial charge in [-0.05, 0) is 54.8 Å². The minimum absolute atomic E-state index is 0.557. The predicted molar refractivity (Wildman–Crippen MR) is 90.2 cm³/mol. The van der Waals surface area contributed by atoms with Crippen molar-refractivity contribution in [3.05, 3.63) is 64.2 Å². The highest BCUT2D eigenvalue weighted by atomic mass is 35.5. The molecule has 0 N–H and O–H groups in total. The number of thioether (sulfide) groups is 1. The molecule has 3 aromatic rings. The van der Waals surface area contributed by atoms with Gasteiger partial charge in [-0.3, -0.25) is 0 Å². The predicted octanol–water partition coefficient (Wildman–Crippen LogP) is 5.30. The maximum atomic E-state index is 5.88. The molecule has 112 valence electrons. The van der Waals surface area contributed by atoms with Crippen LogP contribution in [0.5, 0.6) is 0 Å². The zero-order valence-corrected chi connectivity index (χ0v) is 13.9. The molecular formula is C17H15ClN2OS. The third-order valence-electron chi connectivity index (χ3n) is 3.44. The summed E-state index contributed by atoms with van der Waals surface area (Å²) < 4.78 is 5.72. The van der Waals surface area contributed by atoms with Crippen LogP contribution < -0.4 is 0 Å². The van der Waals surface area contributed by atoms with Crippen molar-refractivity contribution in [2.24, 2.45) is 0 Å². The maximum absolute atomic E-state index is 5.88. The molecule has 2 aromatic carbocycles. The molecule has 0 spiro atoms. The molecule has 0 aliphatic heterocycles. The van der Waals surface area contributed by atoms with Gasteiger partial charge in [0.25, 0.3) is 5.22 Å². The second-order valence-corrected chi connectivity index (χ2v) is 6.45. The van der Waals surface area contributed by atoms with Gasteiger partial charge < -0.3 is 4.42 Å². The van der Waals surface area contributed by atoms with Crippen LogP contribution >= 0.6 is 23.4 Å². The molecule has 0 saturated carbocycles. The van der Waals surface area contributed by atoms with Crippen LogP contribution in [0.3, 0.4) is 0 Å². The van der Waals surface area contributed by atoms with Crippen LogP contribution in [0.2, 0.25) is 5.02 Å². The first kappa shape index (κ1) is 15.1. The Kier molecular flexibility index (Phi) is 4.50. The number of benzene rings is 2. The van der Waals surface area contributed by atoms with E-state index in [1.54, 1.807) is 0 Å². The van der Waals surface area contributed by atoms with E-state index in [0.717, 1.165) is 16.3 Å². The van der Waals surface area contributed by atoms with E-state index in [9.17, 15) is 0 Å². The number of rotatable bonds is 4. The molecule has 0 saturated heterocycles. The molecule has 1 heterocycles. The zero-order valence-electron chi connectivity index (χ0n) is 12.3. The van der Waals surface area contributed by atoms with Gasteiger partial charge >= 0.3 is 0 Å². The largest absolute Gasteiger partial charge is 0.411 e. The Morgan fingerprint density at radius 2 is 1.77 bits per heavy atom. The van der Waals surface area contributed by atoms with E-state index in [1.807, 2.05) is 30.3 Å². The molecule has 0 amide bonds. The number of aromatic nitrogens is 2. The first-order valence-corrected chi connectivity index (χ1v) is 8.26. The number of nitrogens with zero attached hydrogens (tertiary/aromatic N) is 2. The summed E-state index contributed by atoms with van der Waals surface area (Å²) in [5, 5.41) is 9.53. The van der Waals surface area contributed by atoms with E-state index < -0.39 is 0 Å². The number of hydrogen-bond acceptors (Lipinski definition) is 4. The van der Waals surface area contributed by atoms with Crippen molar-refractivity contribution >= 4 is 23.4 Å². The molecule has 0 aliphatic rings. The quantitative estimate of drug-likeness (QED) is 0.608. The fraction of sp³-hybridized carbons (Fsp3) is 0.176. The third kappa shape index (κ3) is 3.51. The molecule has 5 heteroatoms. The SMILES string of the molecule is Cc1ccc(-c2nnc(SCc3ccc(Cl)cc3)o2)cc1C. The zero-order chi connectivity index (χ0) is 15.5. The van der Waals surface area contributed by atoms with Crippen molar-refractivity contribution < 1.29 is 4.42 Å². The molecule has 3 nitrogen and oxygen atoms in total. The Morgan fingerprint density at radius 1 is 1.00 bits per heavy atom. The summed E-state index contributed by atoms with van der Waals surface area (Å²) in [5.74, 6) is 1.33. The second-order valence-electron chi connectivity index (χ2n) is 5.09. The lowest BCUT2D eigenvalue weighted by Gasteiger charge is -2.01. The summed E-state index contributed by atoms with van der Waals surface area (Å²) in [5.41, 5.74) is 4.58. The molecule has 0 fully saturated rings. The highest BCUT2D eigenvalue weighted by Crippen LogP contribution is 2.27. The van der Waals surface area contributed by atoms with Gasteiger partial charge in [0, 0.05) is 16.3 Å². The van der Waals surface area contributed by atoms with Gasteiger partial charge in [0.1, 0.15) is 0 Å². The minimum Gasteiger partial charge on any atom is -0.411 e. The molecule has 3 rings (SSSR count). The van der Waals surface area contributed by atoms with E-state index >= 15 is 0 Å². The van der Waals surface area contributed by atoms with E-state index in [2.05, 4.69) is 36.2 Å².